The second kappa shape index (κ2) is 8.28. The Morgan fingerprint density at radius 3 is 2.75 bits per heavy atom. The van der Waals surface area contributed by atoms with Crippen molar-refractivity contribution >= 4 is 22.0 Å². The summed E-state index contributed by atoms with van der Waals surface area (Å²) >= 11 is 1.50. The van der Waals surface area contributed by atoms with Gasteiger partial charge in [0.25, 0.3) is 5.56 Å². The molecule has 8 heteroatoms. The Morgan fingerprint density at radius 2 is 2.00 bits per heavy atom. The summed E-state index contributed by atoms with van der Waals surface area (Å²) in [6.07, 6.45) is 0.819. The monoisotopic (exact) mass is 400 g/mol. The number of nitrogens with zero attached hydrogens (tertiary/aromatic N) is 4. The Morgan fingerprint density at radius 1 is 1.21 bits per heavy atom. The molecule has 1 aromatic carbocycles. The lowest BCUT2D eigenvalue weighted by Gasteiger charge is -2.34. The minimum Gasteiger partial charge on any atom is -0.492 e. The average Bonchev–Trinajstić information content (AvgIpc) is 3.13. The van der Waals surface area contributed by atoms with E-state index in [2.05, 4.69) is 27.1 Å². The molecule has 28 heavy (non-hydrogen) atoms. The third-order valence-corrected chi connectivity index (χ3v) is 6.10. The summed E-state index contributed by atoms with van der Waals surface area (Å²) < 4.78 is 7.20. The molecule has 148 valence electrons. The molecule has 0 spiro atoms. The van der Waals surface area contributed by atoms with E-state index in [4.69, 9.17) is 4.74 Å². The molecule has 1 saturated heterocycles. The van der Waals surface area contributed by atoms with Gasteiger partial charge in [0.15, 0.2) is 0 Å². The normalized spacial score (nSPS) is 15.3. The second-order valence-electron chi connectivity index (χ2n) is 6.94. The van der Waals surface area contributed by atoms with Gasteiger partial charge >= 0.3 is 0 Å². The zero-order valence-corrected chi connectivity index (χ0v) is 17.2. The molecule has 1 N–H and O–H groups in total. The Hall–Kier alpha value is -2.45. The van der Waals surface area contributed by atoms with Crippen LogP contribution in [0.2, 0.25) is 0 Å². The quantitative estimate of drug-likeness (QED) is 0.669. The third kappa shape index (κ3) is 3.88. The number of nitrogens with one attached hydrogen (secondary N) is 1. The van der Waals surface area contributed by atoms with Crippen LogP contribution in [0, 0.1) is 0 Å². The molecule has 0 bridgehead atoms. The first kappa shape index (κ1) is 18.9. The summed E-state index contributed by atoms with van der Waals surface area (Å²) in [5.41, 5.74) is 1.94. The Balaban J connectivity index is 1.43. The van der Waals surface area contributed by atoms with Crippen molar-refractivity contribution in [3.05, 3.63) is 51.4 Å². The molecule has 0 atom stereocenters. The number of para-hydroxylation sites is 2. The topological polar surface area (TPSA) is 64.2 Å². The summed E-state index contributed by atoms with van der Waals surface area (Å²) in [5.74, 6) is 0.950. The summed E-state index contributed by atoms with van der Waals surface area (Å²) in [6.45, 7) is 9.42. The fourth-order valence-corrected chi connectivity index (χ4v) is 4.48. The number of ether oxygens (including phenoxy) is 1. The molecule has 2 aromatic heterocycles. The van der Waals surface area contributed by atoms with Gasteiger partial charge in [-0.25, -0.2) is 4.98 Å². The maximum absolute atomic E-state index is 12.3. The van der Waals surface area contributed by atoms with Gasteiger partial charge in [-0.2, -0.15) is 9.61 Å². The number of anilines is 1. The van der Waals surface area contributed by atoms with Crippen molar-refractivity contribution in [1.82, 2.24) is 14.6 Å². The van der Waals surface area contributed by atoms with E-state index in [1.807, 2.05) is 26.0 Å². The fraction of sp³-hybridized carbons (Fsp3) is 0.450. The van der Waals surface area contributed by atoms with Gasteiger partial charge in [-0.3, -0.25) is 4.79 Å². The lowest BCUT2D eigenvalue weighted by molar-refractivity contribution is -0.914. The number of aromatic nitrogens is 3. The molecule has 1 fully saturated rings. The van der Waals surface area contributed by atoms with Crippen LogP contribution in [0.15, 0.2) is 35.1 Å². The molecular formula is C20H26N5O2S+. The van der Waals surface area contributed by atoms with Gasteiger partial charge in [0.05, 0.1) is 38.5 Å². The highest BCUT2D eigenvalue weighted by Gasteiger charge is 2.23. The van der Waals surface area contributed by atoms with Gasteiger partial charge in [-0.05, 0) is 25.5 Å². The standard InChI is InChI=1S/C20H25N5O2S/c1-3-18-22-25-19(26)13-15(21-20(25)28-18)14-23-9-11-24(12-10-23)16-7-5-6-8-17(16)27-4-2/h5-8,13H,3-4,9-12,14H2,1-2H3/p+1. The minimum absolute atomic E-state index is 0.0837. The lowest BCUT2D eigenvalue weighted by atomic mass is 10.2. The van der Waals surface area contributed by atoms with E-state index in [1.165, 1.54) is 20.8 Å². The molecule has 3 aromatic rings. The van der Waals surface area contributed by atoms with E-state index in [0.717, 1.165) is 61.3 Å². The number of rotatable bonds is 6. The van der Waals surface area contributed by atoms with Crippen LogP contribution in [0.3, 0.4) is 0 Å². The molecule has 0 aliphatic carbocycles. The van der Waals surface area contributed by atoms with Gasteiger partial charge in [0.1, 0.15) is 23.0 Å². The van der Waals surface area contributed by atoms with Crippen LogP contribution in [-0.4, -0.2) is 47.4 Å². The molecule has 4 rings (SSSR count). The summed E-state index contributed by atoms with van der Waals surface area (Å²) in [7, 11) is 0. The van der Waals surface area contributed by atoms with Crippen LogP contribution in [0.4, 0.5) is 5.69 Å². The number of quaternary nitrogens is 1. The molecule has 1 aliphatic rings. The van der Waals surface area contributed by atoms with Crippen LogP contribution < -0.4 is 20.1 Å². The molecule has 1 aliphatic heterocycles. The Labute approximate surface area is 168 Å². The highest BCUT2D eigenvalue weighted by atomic mass is 32.1. The third-order valence-electron chi connectivity index (χ3n) is 5.05. The average molecular weight is 401 g/mol. The van der Waals surface area contributed by atoms with E-state index in [-0.39, 0.29) is 5.56 Å². The Kier molecular flexibility index (Phi) is 5.59. The van der Waals surface area contributed by atoms with Crippen molar-refractivity contribution in [1.29, 1.82) is 0 Å². The van der Waals surface area contributed by atoms with E-state index >= 15 is 0 Å². The second-order valence-corrected chi connectivity index (χ2v) is 7.98. The smallest absolute Gasteiger partial charge is 0.275 e. The Bertz CT molecular complexity index is 1010. The predicted molar refractivity (Wildman–Crippen MR) is 111 cm³/mol. The first-order chi connectivity index (χ1) is 13.7. The summed E-state index contributed by atoms with van der Waals surface area (Å²) in [4.78, 5) is 21.6. The van der Waals surface area contributed by atoms with Crippen LogP contribution in [0.1, 0.15) is 24.5 Å². The molecule has 3 heterocycles. The number of hydrogen-bond donors (Lipinski definition) is 1. The van der Waals surface area contributed by atoms with E-state index in [1.54, 1.807) is 6.07 Å². The molecule has 0 saturated carbocycles. The fourth-order valence-electron chi connectivity index (χ4n) is 3.62. The molecule has 0 amide bonds. The predicted octanol–water partition coefficient (Wildman–Crippen LogP) is 1.02. The van der Waals surface area contributed by atoms with Gasteiger partial charge in [0, 0.05) is 6.07 Å². The highest BCUT2D eigenvalue weighted by Crippen LogP contribution is 2.27. The van der Waals surface area contributed by atoms with E-state index < -0.39 is 0 Å². The van der Waals surface area contributed by atoms with Crippen molar-refractivity contribution in [2.24, 2.45) is 0 Å². The molecule has 7 nitrogen and oxygen atoms in total. The van der Waals surface area contributed by atoms with Gasteiger partial charge in [-0.15, -0.1) is 0 Å². The van der Waals surface area contributed by atoms with Crippen molar-refractivity contribution in [3.63, 3.8) is 0 Å². The van der Waals surface area contributed by atoms with Gasteiger partial charge in [-0.1, -0.05) is 30.4 Å². The van der Waals surface area contributed by atoms with E-state index in [9.17, 15) is 4.79 Å². The highest BCUT2D eigenvalue weighted by molar-refractivity contribution is 7.16. The summed E-state index contributed by atoms with van der Waals surface area (Å²) in [5, 5.41) is 5.26. The number of aryl methyl sites for hydroxylation is 1. The van der Waals surface area contributed by atoms with Crippen molar-refractivity contribution in [3.8, 4) is 5.75 Å². The minimum atomic E-state index is -0.0837. The van der Waals surface area contributed by atoms with E-state index in [0.29, 0.717) is 11.6 Å². The number of hydrogen-bond acceptors (Lipinski definition) is 6. The zero-order chi connectivity index (χ0) is 19.5. The molecular weight excluding hydrogens is 374 g/mol. The van der Waals surface area contributed by atoms with Crippen molar-refractivity contribution < 1.29 is 9.64 Å². The van der Waals surface area contributed by atoms with Crippen LogP contribution >= 0.6 is 11.3 Å². The number of piperazine rings is 1. The largest absolute Gasteiger partial charge is 0.492 e. The summed E-state index contributed by atoms with van der Waals surface area (Å²) in [6, 6.07) is 9.87. The number of benzene rings is 1. The maximum atomic E-state index is 12.3. The molecule has 0 unspecified atom stereocenters. The first-order valence-corrected chi connectivity index (χ1v) is 10.7. The molecule has 0 radical (unpaired) electrons. The first-order valence-electron chi connectivity index (χ1n) is 9.87. The SMILES string of the molecule is CCOc1ccccc1N1CC[NH+](Cc2cc(=O)n3nc(CC)sc3n2)CC1. The van der Waals surface area contributed by atoms with Crippen LogP contribution in [0.25, 0.3) is 4.96 Å². The maximum Gasteiger partial charge on any atom is 0.275 e. The zero-order valence-electron chi connectivity index (χ0n) is 16.4. The van der Waals surface area contributed by atoms with Crippen LogP contribution in [0.5, 0.6) is 5.75 Å². The van der Waals surface area contributed by atoms with Gasteiger partial charge < -0.3 is 14.5 Å². The van der Waals surface area contributed by atoms with Crippen molar-refractivity contribution in [2.45, 2.75) is 26.8 Å². The van der Waals surface area contributed by atoms with Crippen LogP contribution in [-0.2, 0) is 13.0 Å². The van der Waals surface area contributed by atoms with Crippen molar-refractivity contribution in [2.75, 3.05) is 37.7 Å². The van der Waals surface area contributed by atoms with Gasteiger partial charge in [0.2, 0.25) is 4.96 Å². The number of fused-ring (bicyclic) bond motifs is 1. The lowest BCUT2D eigenvalue weighted by Crippen LogP contribution is -3.13.